The highest BCUT2D eigenvalue weighted by Crippen LogP contribution is 2.23. The fourth-order valence-electron chi connectivity index (χ4n) is 1.78. The second kappa shape index (κ2) is 7.04. The predicted octanol–water partition coefficient (Wildman–Crippen LogP) is 3.32. The van der Waals surface area contributed by atoms with Crippen LogP contribution in [0.15, 0.2) is 47.4 Å². The van der Waals surface area contributed by atoms with Crippen LogP contribution in [-0.2, 0) is 4.79 Å². The van der Waals surface area contributed by atoms with Crippen LogP contribution in [0.3, 0.4) is 0 Å². The number of hydrogen-bond donors (Lipinski definition) is 2. The normalized spacial score (nSPS) is 10.2. The lowest BCUT2D eigenvalue weighted by Crippen LogP contribution is -2.13. The average molecular weight is 302 g/mol. The lowest BCUT2D eigenvalue weighted by atomic mass is 10.2. The van der Waals surface area contributed by atoms with Crippen LogP contribution in [0.2, 0.25) is 0 Å². The Morgan fingerprint density at radius 3 is 2.81 bits per heavy atom. The van der Waals surface area contributed by atoms with Crippen molar-refractivity contribution in [3.05, 3.63) is 48.0 Å². The minimum Gasteiger partial charge on any atom is -0.497 e. The molecule has 0 saturated carbocycles. The molecular formula is C16H18N2O2S. The zero-order valence-corrected chi connectivity index (χ0v) is 12.9. The number of benzene rings is 2. The van der Waals surface area contributed by atoms with Crippen molar-refractivity contribution >= 4 is 29.0 Å². The van der Waals surface area contributed by atoms with E-state index in [1.807, 2.05) is 43.3 Å². The Morgan fingerprint density at radius 2 is 2.10 bits per heavy atom. The van der Waals surface area contributed by atoms with Crippen LogP contribution in [0.1, 0.15) is 5.56 Å². The fourth-order valence-corrected chi connectivity index (χ4v) is 2.58. The monoisotopic (exact) mass is 302 g/mol. The third-order valence-corrected chi connectivity index (χ3v) is 3.96. The van der Waals surface area contributed by atoms with E-state index in [0.717, 1.165) is 27.6 Å². The van der Waals surface area contributed by atoms with E-state index in [4.69, 9.17) is 10.5 Å². The lowest BCUT2D eigenvalue weighted by Gasteiger charge is -2.08. The smallest absolute Gasteiger partial charge is 0.234 e. The van der Waals surface area contributed by atoms with Crippen LogP contribution in [0, 0.1) is 6.92 Å². The largest absolute Gasteiger partial charge is 0.497 e. The lowest BCUT2D eigenvalue weighted by molar-refractivity contribution is -0.113. The number of anilines is 2. The van der Waals surface area contributed by atoms with E-state index in [2.05, 4.69) is 5.32 Å². The minimum atomic E-state index is -0.0530. The molecule has 0 aromatic heterocycles. The minimum absolute atomic E-state index is 0.0530. The van der Waals surface area contributed by atoms with Gasteiger partial charge in [0, 0.05) is 22.3 Å². The summed E-state index contributed by atoms with van der Waals surface area (Å²) in [6.07, 6.45) is 0. The highest BCUT2D eigenvalue weighted by molar-refractivity contribution is 8.00. The number of nitrogens with one attached hydrogen (secondary N) is 1. The highest BCUT2D eigenvalue weighted by Gasteiger charge is 2.05. The quantitative estimate of drug-likeness (QED) is 0.657. The molecule has 0 atom stereocenters. The van der Waals surface area contributed by atoms with Crippen molar-refractivity contribution < 1.29 is 9.53 Å². The molecule has 0 aliphatic heterocycles. The molecule has 0 unspecified atom stereocenters. The van der Waals surface area contributed by atoms with E-state index >= 15 is 0 Å². The van der Waals surface area contributed by atoms with Crippen molar-refractivity contribution in [2.24, 2.45) is 0 Å². The summed E-state index contributed by atoms with van der Waals surface area (Å²) in [5.41, 5.74) is 8.29. The number of methoxy groups -OCH3 is 1. The number of amides is 1. The standard InChI is InChI=1S/C16H18N2O2S/c1-11-8-14(6-7-15(11)17)21-10-16(19)18-12-4-3-5-13(9-12)20-2/h3-9H,10,17H2,1-2H3,(H,18,19). The molecule has 2 aromatic rings. The molecule has 0 radical (unpaired) electrons. The average Bonchev–Trinajstić information content (AvgIpc) is 2.48. The van der Waals surface area contributed by atoms with Gasteiger partial charge in [-0.2, -0.15) is 0 Å². The number of rotatable bonds is 5. The molecule has 1 amide bonds. The van der Waals surface area contributed by atoms with Crippen molar-refractivity contribution in [2.45, 2.75) is 11.8 Å². The molecule has 0 bridgehead atoms. The van der Waals surface area contributed by atoms with E-state index in [0.29, 0.717) is 5.75 Å². The van der Waals surface area contributed by atoms with Crippen molar-refractivity contribution in [3.63, 3.8) is 0 Å². The Labute approximate surface area is 128 Å². The number of carbonyl (C=O) groups excluding carboxylic acids is 1. The maximum atomic E-state index is 11.9. The number of ether oxygens (including phenoxy) is 1. The van der Waals surface area contributed by atoms with Gasteiger partial charge in [0.05, 0.1) is 12.9 Å². The molecule has 0 fully saturated rings. The van der Waals surface area contributed by atoms with E-state index in [-0.39, 0.29) is 5.91 Å². The molecule has 0 saturated heterocycles. The number of carbonyl (C=O) groups is 1. The number of aryl methyl sites for hydroxylation is 1. The highest BCUT2D eigenvalue weighted by atomic mass is 32.2. The first-order valence-electron chi connectivity index (χ1n) is 6.51. The molecule has 0 spiro atoms. The van der Waals surface area contributed by atoms with Crippen molar-refractivity contribution in [1.29, 1.82) is 0 Å². The first-order chi connectivity index (χ1) is 10.1. The molecule has 5 heteroatoms. The predicted molar refractivity (Wildman–Crippen MR) is 87.9 cm³/mol. The van der Waals surface area contributed by atoms with Gasteiger partial charge in [-0.05, 0) is 42.8 Å². The van der Waals surface area contributed by atoms with Gasteiger partial charge in [-0.25, -0.2) is 0 Å². The van der Waals surface area contributed by atoms with Gasteiger partial charge in [0.2, 0.25) is 5.91 Å². The van der Waals surface area contributed by atoms with Gasteiger partial charge in [-0.1, -0.05) is 6.07 Å². The number of thioether (sulfide) groups is 1. The van der Waals surface area contributed by atoms with Gasteiger partial charge in [-0.3, -0.25) is 4.79 Å². The van der Waals surface area contributed by atoms with Gasteiger partial charge in [0.25, 0.3) is 0 Å². The number of nitrogens with two attached hydrogens (primary N) is 1. The summed E-state index contributed by atoms with van der Waals surface area (Å²) in [6, 6.07) is 13.1. The Morgan fingerprint density at radius 1 is 1.29 bits per heavy atom. The summed E-state index contributed by atoms with van der Waals surface area (Å²) < 4.78 is 5.12. The number of hydrogen-bond acceptors (Lipinski definition) is 4. The Balaban J connectivity index is 1.90. The van der Waals surface area contributed by atoms with E-state index in [1.54, 1.807) is 13.2 Å². The molecule has 21 heavy (non-hydrogen) atoms. The van der Waals surface area contributed by atoms with Crippen LogP contribution < -0.4 is 15.8 Å². The van der Waals surface area contributed by atoms with Crippen molar-refractivity contribution in [1.82, 2.24) is 0 Å². The molecule has 0 heterocycles. The summed E-state index contributed by atoms with van der Waals surface area (Å²) >= 11 is 1.48. The Kier molecular flexibility index (Phi) is 5.11. The molecule has 2 rings (SSSR count). The zero-order chi connectivity index (χ0) is 15.2. The van der Waals surface area contributed by atoms with Crippen LogP contribution in [0.4, 0.5) is 11.4 Å². The van der Waals surface area contributed by atoms with Crippen LogP contribution in [-0.4, -0.2) is 18.8 Å². The van der Waals surface area contributed by atoms with Gasteiger partial charge in [-0.15, -0.1) is 11.8 Å². The van der Waals surface area contributed by atoms with E-state index in [9.17, 15) is 4.79 Å². The molecule has 110 valence electrons. The first kappa shape index (κ1) is 15.3. The van der Waals surface area contributed by atoms with Crippen LogP contribution in [0.25, 0.3) is 0 Å². The summed E-state index contributed by atoms with van der Waals surface area (Å²) in [7, 11) is 1.60. The summed E-state index contributed by atoms with van der Waals surface area (Å²) in [5, 5.41) is 2.85. The van der Waals surface area contributed by atoms with Crippen molar-refractivity contribution in [3.8, 4) is 5.75 Å². The van der Waals surface area contributed by atoms with Gasteiger partial charge < -0.3 is 15.8 Å². The Hall–Kier alpha value is -2.14. The molecule has 0 aliphatic rings. The second-order valence-electron chi connectivity index (χ2n) is 4.59. The summed E-state index contributed by atoms with van der Waals surface area (Å²) in [6.45, 7) is 1.95. The molecular weight excluding hydrogens is 284 g/mol. The number of nitrogen functional groups attached to an aromatic ring is 1. The summed E-state index contributed by atoms with van der Waals surface area (Å²) in [4.78, 5) is 13.0. The van der Waals surface area contributed by atoms with E-state index < -0.39 is 0 Å². The first-order valence-corrected chi connectivity index (χ1v) is 7.50. The van der Waals surface area contributed by atoms with E-state index in [1.165, 1.54) is 11.8 Å². The Bertz CT molecular complexity index is 644. The van der Waals surface area contributed by atoms with Crippen LogP contribution >= 0.6 is 11.8 Å². The van der Waals surface area contributed by atoms with Gasteiger partial charge in [0.15, 0.2) is 0 Å². The maximum absolute atomic E-state index is 11.9. The fraction of sp³-hybridized carbons (Fsp3) is 0.188. The molecule has 0 aliphatic carbocycles. The molecule has 2 aromatic carbocycles. The summed E-state index contributed by atoms with van der Waals surface area (Å²) in [5.74, 6) is 1.01. The topological polar surface area (TPSA) is 64.3 Å². The second-order valence-corrected chi connectivity index (χ2v) is 5.64. The molecule has 4 nitrogen and oxygen atoms in total. The third-order valence-electron chi connectivity index (χ3n) is 2.96. The van der Waals surface area contributed by atoms with Crippen molar-refractivity contribution in [2.75, 3.05) is 23.9 Å². The maximum Gasteiger partial charge on any atom is 0.234 e. The third kappa shape index (κ3) is 4.43. The van der Waals surface area contributed by atoms with Gasteiger partial charge >= 0.3 is 0 Å². The SMILES string of the molecule is COc1cccc(NC(=O)CSc2ccc(N)c(C)c2)c1. The molecule has 3 N–H and O–H groups in total. The van der Waals surface area contributed by atoms with Gasteiger partial charge in [0.1, 0.15) is 5.75 Å². The van der Waals surface area contributed by atoms with Crippen LogP contribution in [0.5, 0.6) is 5.75 Å². The zero-order valence-electron chi connectivity index (χ0n) is 12.1.